The Morgan fingerprint density at radius 2 is 1.42 bits per heavy atom. The molecule has 0 unspecified atom stereocenters. The molecule has 0 saturated heterocycles. The summed E-state index contributed by atoms with van der Waals surface area (Å²) in [5, 5.41) is 21.8. The number of carbonyl (C=O) groups excluding carboxylic acids is 1. The van der Waals surface area contributed by atoms with Gasteiger partial charge in [0.15, 0.2) is 0 Å². The number of carbonyl (C=O) groups is 2. The molecule has 0 bridgehead atoms. The molecule has 126 valence electrons. The van der Waals surface area contributed by atoms with Gasteiger partial charge in [0.25, 0.3) is 0 Å². The average molecular weight is 327 g/mol. The quantitative estimate of drug-likeness (QED) is 0.695. The molecule has 2 rings (SSSR count). The molecular formula is C19H21NO4. The summed E-state index contributed by atoms with van der Waals surface area (Å²) in [4.78, 5) is 23.2. The van der Waals surface area contributed by atoms with E-state index in [1.165, 1.54) is 0 Å². The van der Waals surface area contributed by atoms with Crippen LogP contribution in [0.4, 0.5) is 0 Å². The van der Waals surface area contributed by atoms with Crippen molar-refractivity contribution in [3.63, 3.8) is 0 Å². The van der Waals surface area contributed by atoms with Gasteiger partial charge >= 0.3 is 5.97 Å². The molecule has 0 aromatic heterocycles. The molecule has 0 heterocycles. The lowest BCUT2D eigenvalue weighted by Crippen LogP contribution is -2.29. The molecule has 5 nitrogen and oxygen atoms in total. The van der Waals surface area contributed by atoms with Crippen molar-refractivity contribution < 1.29 is 19.8 Å². The number of carboxylic acids is 1. The summed E-state index contributed by atoms with van der Waals surface area (Å²) in [6, 6.07) is 18.2. The minimum atomic E-state index is -0.944. The first-order valence-electron chi connectivity index (χ1n) is 7.82. The van der Waals surface area contributed by atoms with Gasteiger partial charge in [0.05, 0.1) is 12.5 Å². The van der Waals surface area contributed by atoms with Gasteiger partial charge in [-0.25, -0.2) is 0 Å². The fraction of sp³-hybridized carbons (Fsp3) is 0.263. The summed E-state index contributed by atoms with van der Waals surface area (Å²) in [7, 11) is 0. The number of rotatable bonds is 8. The molecule has 0 aliphatic carbocycles. The fourth-order valence-electron chi connectivity index (χ4n) is 2.54. The van der Waals surface area contributed by atoms with Crippen LogP contribution in [-0.4, -0.2) is 28.6 Å². The third-order valence-corrected chi connectivity index (χ3v) is 3.80. The minimum Gasteiger partial charge on any atom is -0.481 e. The molecule has 24 heavy (non-hydrogen) atoms. The third kappa shape index (κ3) is 5.52. The van der Waals surface area contributed by atoms with Gasteiger partial charge in [-0.3, -0.25) is 9.59 Å². The molecule has 2 aromatic rings. The Morgan fingerprint density at radius 3 is 1.96 bits per heavy atom. The molecule has 2 aromatic carbocycles. The van der Waals surface area contributed by atoms with Crippen molar-refractivity contribution >= 4 is 11.9 Å². The zero-order valence-corrected chi connectivity index (χ0v) is 13.3. The van der Waals surface area contributed by atoms with Crippen LogP contribution in [0.2, 0.25) is 0 Å². The highest BCUT2D eigenvalue weighted by Gasteiger charge is 2.19. The SMILES string of the molecule is O=C(O)C[C@@H](CC(=O)NC[C@H](O)c1ccccc1)c1ccccc1. The molecular weight excluding hydrogens is 306 g/mol. The summed E-state index contributed by atoms with van der Waals surface area (Å²) >= 11 is 0. The maximum Gasteiger partial charge on any atom is 0.303 e. The molecule has 3 N–H and O–H groups in total. The van der Waals surface area contributed by atoms with Crippen molar-refractivity contribution in [2.24, 2.45) is 0 Å². The number of hydrogen-bond acceptors (Lipinski definition) is 3. The van der Waals surface area contributed by atoms with Crippen LogP contribution in [-0.2, 0) is 9.59 Å². The second-order valence-corrected chi connectivity index (χ2v) is 5.64. The van der Waals surface area contributed by atoms with Gasteiger partial charge in [0, 0.05) is 18.9 Å². The van der Waals surface area contributed by atoms with E-state index in [2.05, 4.69) is 5.32 Å². The van der Waals surface area contributed by atoms with Gasteiger partial charge < -0.3 is 15.5 Å². The number of aliphatic carboxylic acids is 1. The number of aliphatic hydroxyl groups excluding tert-OH is 1. The first kappa shape index (κ1) is 17.7. The maximum atomic E-state index is 12.1. The van der Waals surface area contributed by atoms with E-state index in [9.17, 15) is 14.7 Å². The third-order valence-electron chi connectivity index (χ3n) is 3.80. The molecule has 0 fully saturated rings. The Balaban J connectivity index is 1.92. The van der Waals surface area contributed by atoms with Crippen molar-refractivity contribution in [3.8, 4) is 0 Å². The summed E-state index contributed by atoms with van der Waals surface area (Å²) < 4.78 is 0. The minimum absolute atomic E-state index is 0.0673. The highest BCUT2D eigenvalue weighted by molar-refractivity contribution is 5.78. The van der Waals surface area contributed by atoms with E-state index in [1.54, 1.807) is 12.1 Å². The van der Waals surface area contributed by atoms with Gasteiger partial charge in [-0.15, -0.1) is 0 Å². The molecule has 0 aliphatic heterocycles. The van der Waals surface area contributed by atoms with E-state index in [0.717, 1.165) is 11.1 Å². The average Bonchev–Trinajstić information content (AvgIpc) is 2.60. The topological polar surface area (TPSA) is 86.6 Å². The molecule has 5 heteroatoms. The van der Waals surface area contributed by atoms with Gasteiger partial charge in [0.1, 0.15) is 0 Å². The molecule has 0 spiro atoms. The van der Waals surface area contributed by atoms with E-state index < -0.39 is 18.0 Å². The first-order chi connectivity index (χ1) is 11.6. The Hall–Kier alpha value is -2.66. The second-order valence-electron chi connectivity index (χ2n) is 5.64. The monoisotopic (exact) mass is 327 g/mol. The maximum absolute atomic E-state index is 12.1. The summed E-state index contributed by atoms with van der Waals surface area (Å²) in [6.45, 7) is 0.0947. The van der Waals surface area contributed by atoms with Crippen LogP contribution >= 0.6 is 0 Å². The number of benzene rings is 2. The van der Waals surface area contributed by atoms with Crippen LogP contribution in [0.5, 0.6) is 0 Å². The van der Waals surface area contributed by atoms with Crippen LogP contribution in [0.15, 0.2) is 60.7 Å². The van der Waals surface area contributed by atoms with Crippen molar-refractivity contribution in [2.75, 3.05) is 6.54 Å². The molecule has 0 radical (unpaired) electrons. The number of carboxylic acid groups (broad SMARTS) is 1. The molecule has 2 atom stereocenters. The molecule has 0 aliphatic rings. The standard InChI is InChI=1S/C19H21NO4/c21-17(15-9-5-2-6-10-15)13-20-18(22)11-16(12-19(23)24)14-7-3-1-4-8-14/h1-10,16-17,21H,11-13H2,(H,20,22)(H,23,24)/t16-,17+/m1/s1. The zero-order chi connectivity index (χ0) is 17.4. The van der Waals surface area contributed by atoms with Crippen LogP contribution in [0.1, 0.15) is 36.0 Å². The Morgan fingerprint density at radius 1 is 0.875 bits per heavy atom. The van der Waals surface area contributed by atoms with Crippen molar-refractivity contribution in [1.29, 1.82) is 0 Å². The number of nitrogens with one attached hydrogen (secondary N) is 1. The summed E-state index contributed by atoms with van der Waals surface area (Å²) in [5.74, 6) is -1.61. The fourth-order valence-corrected chi connectivity index (χ4v) is 2.54. The molecule has 1 amide bonds. The Bertz CT molecular complexity index is 658. The Kier molecular flexibility index (Phi) is 6.51. The summed E-state index contributed by atoms with van der Waals surface area (Å²) in [5.41, 5.74) is 1.54. The largest absolute Gasteiger partial charge is 0.481 e. The van der Waals surface area contributed by atoms with Crippen molar-refractivity contribution in [1.82, 2.24) is 5.32 Å². The van der Waals surface area contributed by atoms with Gasteiger partial charge in [-0.1, -0.05) is 60.7 Å². The highest BCUT2D eigenvalue weighted by atomic mass is 16.4. The van der Waals surface area contributed by atoms with Gasteiger partial charge in [0.2, 0.25) is 5.91 Å². The predicted octanol–water partition coefficient (Wildman–Crippen LogP) is 2.48. The second kappa shape index (κ2) is 8.84. The van der Waals surface area contributed by atoms with Gasteiger partial charge in [-0.05, 0) is 11.1 Å². The lowest BCUT2D eigenvalue weighted by molar-refractivity contribution is -0.137. The summed E-state index contributed by atoms with van der Waals surface area (Å²) in [6.07, 6.45) is -0.832. The van der Waals surface area contributed by atoms with E-state index >= 15 is 0 Å². The normalized spacial score (nSPS) is 13.0. The lowest BCUT2D eigenvalue weighted by atomic mass is 9.92. The number of hydrogen-bond donors (Lipinski definition) is 3. The van der Waals surface area contributed by atoms with Crippen LogP contribution in [0, 0.1) is 0 Å². The van der Waals surface area contributed by atoms with Crippen molar-refractivity contribution in [2.45, 2.75) is 24.9 Å². The van der Waals surface area contributed by atoms with E-state index in [4.69, 9.17) is 5.11 Å². The first-order valence-corrected chi connectivity index (χ1v) is 7.82. The van der Waals surface area contributed by atoms with Crippen LogP contribution in [0.3, 0.4) is 0 Å². The van der Waals surface area contributed by atoms with E-state index in [0.29, 0.717) is 0 Å². The lowest BCUT2D eigenvalue weighted by Gasteiger charge is -2.17. The van der Waals surface area contributed by atoms with E-state index in [1.807, 2.05) is 48.5 Å². The van der Waals surface area contributed by atoms with Crippen molar-refractivity contribution in [3.05, 3.63) is 71.8 Å². The highest BCUT2D eigenvalue weighted by Crippen LogP contribution is 2.23. The predicted molar refractivity (Wildman–Crippen MR) is 90.5 cm³/mol. The van der Waals surface area contributed by atoms with Crippen LogP contribution in [0.25, 0.3) is 0 Å². The zero-order valence-electron chi connectivity index (χ0n) is 13.3. The van der Waals surface area contributed by atoms with E-state index in [-0.39, 0.29) is 25.3 Å². The number of amides is 1. The van der Waals surface area contributed by atoms with Gasteiger partial charge in [-0.2, -0.15) is 0 Å². The molecule has 0 saturated carbocycles. The van der Waals surface area contributed by atoms with Crippen LogP contribution < -0.4 is 5.32 Å². The Labute approximate surface area is 141 Å². The number of aliphatic hydroxyl groups is 1. The smallest absolute Gasteiger partial charge is 0.303 e.